The van der Waals surface area contributed by atoms with Crippen LogP contribution in [0.3, 0.4) is 0 Å². The summed E-state index contributed by atoms with van der Waals surface area (Å²) in [5.41, 5.74) is 1.63. The highest BCUT2D eigenvalue weighted by molar-refractivity contribution is 6.03. The number of carboxylic acid groups (broad SMARTS) is 1. The van der Waals surface area contributed by atoms with Crippen molar-refractivity contribution < 1.29 is 53.4 Å². The molecule has 12 heteroatoms. The lowest BCUT2D eigenvalue weighted by Crippen LogP contribution is -2.60. The predicted molar refractivity (Wildman–Crippen MR) is 142 cm³/mol. The van der Waals surface area contributed by atoms with Gasteiger partial charge in [-0.3, -0.25) is 4.79 Å². The molecule has 3 aromatic carbocycles. The summed E-state index contributed by atoms with van der Waals surface area (Å²) in [5.74, 6) is -3.36. The molecule has 2 saturated heterocycles. The lowest BCUT2D eigenvalue weighted by Gasteiger charge is -2.48. The molecule has 8 atom stereocenters. The molecule has 2 unspecified atom stereocenters. The Balaban J connectivity index is 1.40. The van der Waals surface area contributed by atoms with Gasteiger partial charge in [0.05, 0.1) is 18.1 Å². The minimum Gasteiger partial charge on any atom is -0.508 e. The van der Waals surface area contributed by atoms with Gasteiger partial charge in [0.2, 0.25) is 5.91 Å². The van der Waals surface area contributed by atoms with Crippen LogP contribution in [0.2, 0.25) is 0 Å². The molecule has 10 nitrogen and oxygen atoms in total. The SMILES string of the molecule is O=C(O)C1O[C@@H](O[C@@H](CC[C@H]2C(=O)N(c3ccc(F)cc3)[C@@H]2c2ccc(O)cc2)c2ccc(F)cc2)C(O)[C@@H](O)[C@@H]1O. The van der Waals surface area contributed by atoms with Gasteiger partial charge < -0.3 is 39.9 Å². The third kappa shape index (κ3) is 5.85. The van der Waals surface area contributed by atoms with Gasteiger partial charge in [-0.05, 0) is 72.5 Å². The topological polar surface area (TPSA) is 157 Å². The highest BCUT2D eigenvalue weighted by Gasteiger charge is 2.50. The molecule has 222 valence electrons. The van der Waals surface area contributed by atoms with E-state index < -0.39 is 66.4 Å². The van der Waals surface area contributed by atoms with E-state index in [1.165, 1.54) is 65.6 Å². The minimum atomic E-state index is -1.90. The number of aromatic hydroxyl groups is 1. The number of carbonyl (C=O) groups is 2. The van der Waals surface area contributed by atoms with Crippen molar-refractivity contribution in [2.45, 2.75) is 55.7 Å². The maximum atomic E-state index is 13.7. The van der Waals surface area contributed by atoms with E-state index in [9.17, 15) is 43.9 Å². The van der Waals surface area contributed by atoms with Crippen LogP contribution in [0.15, 0.2) is 72.8 Å². The highest BCUT2D eigenvalue weighted by atomic mass is 19.1. The Morgan fingerprint density at radius 2 is 1.48 bits per heavy atom. The monoisotopic (exact) mass is 585 g/mol. The lowest BCUT2D eigenvalue weighted by atomic mass is 9.78. The summed E-state index contributed by atoms with van der Waals surface area (Å²) in [6.45, 7) is 0. The van der Waals surface area contributed by atoms with Crippen LogP contribution in [-0.4, -0.2) is 68.1 Å². The van der Waals surface area contributed by atoms with Gasteiger partial charge >= 0.3 is 5.97 Å². The average molecular weight is 586 g/mol. The maximum absolute atomic E-state index is 13.7. The third-order valence-electron chi connectivity index (χ3n) is 7.65. The number of anilines is 1. The van der Waals surface area contributed by atoms with E-state index in [2.05, 4.69) is 0 Å². The van der Waals surface area contributed by atoms with Crippen molar-refractivity contribution in [3.05, 3.63) is 95.6 Å². The third-order valence-corrected chi connectivity index (χ3v) is 7.65. The molecule has 0 aliphatic carbocycles. The molecule has 5 N–H and O–H groups in total. The second-order valence-electron chi connectivity index (χ2n) is 10.3. The minimum absolute atomic E-state index is 0.0390. The summed E-state index contributed by atoms with van der Waals surface area (Å²) < 4.78 is 38.5. The van der Waals surface area contributed by atoms with E-state index in [0.29, 0.717) is 16.8 Å². The first-order valence-electron chi connectivity index (χ1n) is 13.3. The molecule has 0 aromatic heterocycles. The quantitative estimate of drug-likeness (QED) is 0.238. The van der Waals surface area contributed by atoms with Crippen LogP contribution in [0, 0.1) is 17.6 Å². The van der Waals surface area contributed by atoms with Crippen molar-refractivity contribution in [2.75, 3.05) is 4.90 Å². The molecule has 2 aliphatic heterocycles. The Morgan fingerprint density at radius 3 is 2.07 bits per heavy atom. The number of ether oxygens (including phenoxy) is 2. The van der Waals surface area contributed by atoms with E-state index in [4.69, 9.17) is 9.47 Å². The van der Waals surface area contributed by atoms with Crippen molar-refractivity contribution in [3.63, 3.8) is 0 Å². The molecular formula is C30H29F2NO9. The van der Waals surface area contributed by atoms with Crippen LogP contribution in [-0.2, 0) is 19.1 Å². The molecule has 3 aromatic rings. The van der Waals surface area contributed by atoms with E-state index in [1.54, 1.807) is 12.1 Å². The molecule has 42 heavy (non-hydrogen) atoms. The van der Waals surface area contributed by atoms with E-state index in [0.717, 1.165) is 0 Å². The van der Waals surface area contributed by atoms with Crippen LogP contribution in [0.25, 0.3) is 0 Å². The highest BCUT2D eigenvalue weighted by Crippen LogP contribution is 2.47. The fourth-order valence-corrected chi connectivity index (χ4v) is 5.42. The van der Waals surface area contributed by atoms with Crippen molar-refractivity contribution >= 4 is 17.6 Å². The fraction of sp³-hybridized carbons (Fsp3) is 0.333. The Morgan fingerprint density at radius 1 is 0.881 bits per heavy atom. The second kappa shape index (κ2) is 12.1. The van der Waals surface area contributed by atoms with Gasteiger partial charge in [0.1, 0.15) is 35.7 Å². The molecule has 0 spiro atoms. The van der Waals surface area contributed by atoms with Crippen LogP contribution < -0.4 is 4.90 Å². The van der Waals surface area contributed by atoms with Crippen molar-refractivity contribution in [1.82, 2.24) is 0 Å². The summed E-state index contributed by atoms with van der Waals surface area (Å²) in [6.07, 6.45) is -9.75. The molecule has 0 radical (unpaired) electrons. The number of carboxylic acids is 1. The first kappa shape index (κ1) is 29.5. The zero-order valence-electron chi connectivity index (χ0n) is 22.0. The molecule has 2 aliphatic rings. The summed E-state index contributed by atoms with van der Waals surface area (Å²) in [4.78, 5) is 26.5. The number of phenolic OH excluding ortho intramolecular Hbond substituents is 1. The fourth-order valence-electron chi connectivity index (χ4n) is 5.42. The molecule has 2 heterocycles. The molecule has 1 amide bonds. The predicted octanol–water partition coefficient (Wildman–Crippen LogP) is 2.80. The van der Waals surface area contributed by atoms with Crippen molar-refractivity contribution in [1.29, 1.82) is 0 Å². The number of benzene rings is 3. The van der Waals surface area contributed by atoms with Crippen LogP contribution in [0.5, 0.6) is 5.75 Å². The normalized spacial score (nSPS) is 28.3. The van der Waals surface area contributed by atoms with E-state index in [-0.39, 0.29) is 24.5 Å². The number of rotatable bonds is 9. The van der Waals surface area contributed by atoms with Crippen LogP contribution in [0.4, 0.5) is 14.5 Å². The zero-order valence-corrected chi connectivity index (χ0v) is 22.0. The second-order valence-corrected chi connectivity index (χ2v) is 10.3. The lowest BCUT2D eigenvalue weighted by molar-refractivity contribution is -0.306. The van der Waals surface area contributed by atoms with Crippen molar-refractivity contribution in [3.8, 4) is 5.75 Å². The van der Waals surface area contributed by atoms with Gasteiger partial charge in [0, 0.05) is 5.69 Å². The molecular weight excluding hydrogens is 556 g/mol. The number of hydrogen-bond acceptors (Lipinski definition) is 8. The number of hydrogen-bond donors (Lipinski definition) is 5. The van der Waals surface area contributed by atoms with Gasteiger partial charge in [-0.25, -0.2) is 13.6 Å². The summed E-state index contributed by atoms with van der Waals surface area (Å²) in [6, 6.07) is 16.5. The maximum Gasteiger partial charge on any atom is 0.335 e. The number of aliphatic hydroxyl groups excluding tert-OH is 3. The number of β-lactam (4-membered cyclic amide) rings is 1. The Bertz CT molecular complexity index is 1400. The molecule has 0 bridgehead atoms. The van der Waals surface area contributed by atoms with Crippen LogP contribution >= 0.6 is 0 Å². The number of phenols is 1. The smallest absolute Gasteiger partial charge is 0.335 e. The first-order chi connectivity index (χ1) is 20.0. The summed E-state index contributed by atoms with van der Waals surface area (Å²) >= 11 is 0. The van der Waals surface area contributed by atoms with Gasteiger partial charge in [-0.2, -0.15) is 0 Å². The molecule has 2 fully saturated rings. The number of amides is 1. The van der Waals surface area contributed by atoms with E-state index >= 15 is 0 Å². The molecule has 5 rings (SSSR count). The van der Waals surface area contributed by atoms with Gasteiger partial charge in [0.15, 0.2) is 12.4 Å². The van der Waals surface area contributed by atoms with Crippen molar-refractivity contribution in [2.24, 2.45) is 5.92 Å². The van der Waals surface area contributed by atoms with Gasteiger partial charge in [0.25, 0.3) is 0 Å². The number of aliphatic carboxylic acids is 1. The standard InChI is InChI=1S/C30H29F2NO9/c31-17-5-1-15(2-6-17)22(41-30-26(37)24(35)25(36)27(42-30)29(39)40)14-13-21-23(16-3-11-20(34)12-4-16)33(28(21)38)19-9-7-18(32)8-10-19/h1-12,21-27,30,34-37H,13-14H2,(H,39,40)/t21-,22+,23-,24+,25+,26?,27?,30-/m1/s1. The van der Waals surface area contributed by atoms with Gasteiger partial charge in [-0.1, -0.05) is 24.3 Å². The molecule has 0 saturated carbocycles. The number of aliphatic hydroxyl groups is 3. The summed E-state index contributed by atoms with van der Waals surface area (Å²) in [7, 11) is 0. The number of carbonyl (C=O) groups excluding carboxylic acids is 1. The first-order valence-corrected chi connectivity index (χ1v) is 13.3. The Kier molecular flexibility index (Phi) is 8.53. The Hall–Kier alpha value is -3.94. The van der Waals surface area contributed by atoms with Crippen LogP contribution in [0.1, 0.15) is 36.1 Å². The van der Waals surface area contributed by atoms with E-state index in [1.807, 2.05) is 0 Å². The largest absolute Gasteiger partial charge is 0.508 e. The average Bonchev–Trinajstić information content (AvgIpc) is 2.97. The zero-order chi connectivity index (χ0) is 30.1. The number of nitrogens with zero attached hydrogens (tertiary/aromatic N) is 1. The summed E-state index contributed by atoms with van der Waals surface area (Å²) in [5, 5.41) is 49.9. The van der Waals surface area contributed by atoms with Gasteiger partial charge in [-0.15, -0.1) is 0 Å². The Labute approximate surface area is 239 Å². The number of halogens is 2.